The molecule has 5 heteroatoms. The number of para-hydroxylation sites is 1. The number of carbonyl (C=O) groups is 1. The van der Waals surface area contributed by atoms with Crippen molar-refractivity contribution in [3.8, 4) is 5.75 Å². The number of hydrogen-bond acceptors (Lipinski definition) is 3. The lowest BCUT2D eigenvalue weighted by atomic mass is 9.95. The SMILES string of the molecule is CCCCCOc1ccccc1/C=N/NC(=O)c1ccc2[nH]c3c(c2c1)CCCC3. The number of hydrogen-bond donors (Lipinski definition) is 2. The number of rotatable bonds is 8. The fourth-order valence-corrected chi connectivity index (χ4v) is 4.03. The van der Waals surface area contributed by atoms with Crippen LogP contribution in [-0.4, -0.2) is 23.7 Å². The summed E-state index contributed by atoms with van der Waals surface area (Å²) in [5.41, 5.74) is 7.92. The minimum absolute atomic E-state index is 0.208. The topological polar surface area (TPSA) is 66.5 Å². The van der Waals surface area contributed by atoms with E-state index in [-0.39, 0.29) is 5.91 Å². The van der Waals surface area contributed by atoms with Crippen molar-refractivity contribution in [3.05, 3.63) is 64.8 Å². The number of benzene rings is 2. The zero-order valence-electron chi connectivity index (χ0n) is 17.5. The van der Waals surface area contributed by atoms with Gasteiger partial charge in [0.25, 0.3) is 5.91 Å². The second-order valence-corrected chi connectivity index (χ2v) is 7.84. The predicted molar refractivity (Wildman–Crippen MR) is 121 cm³/mol. The van der Waals surface area contributed by atoms with Gasteiger partial charge in [0.05, 0.1) is 12.8 Å². The van der Waals surface area contributed by atoms with E-state index in [1.54, 1.807) is 6.21 Å². The van der Waals surface area contributed by atoms with Crippen molar-refractivity contribution < 1.29 is 9.53 Å². The number of carbonyl (C=O) groups excluding carboxylic acids is 1. The van der Waals surface area contributed by atoms with Crippen LogP contribution in [0.25, 0.3) is 10.9 Å². The molecule has 0 saturated heterocycles. The van der Waals surface area contributed by atoms with Gasteiger partial charge in [-0.25, -0.2) is 5.43 Å². The van der Waals surface area contributed by atoms with Crippen LogP contribution in [0.5, 0.6) is 5.75 Å². The second-order valence-electron chi connectivity index (χ2n) is 7.84. The molecule has 1 aliphatic rings. The highest BCUT2D eigenvalue weighted by molar-refractivity contribution is 5.99. The van der Waals surface area contributed by atoms with Crippen LogP contribution in [0.15, 0.2) is 47.6 Å². The van der Waals surface area contributed by atoms with Gasteiger partial charge in [-0.05, 0) is 68.0 Å². The smallest absolute Gasteiger partial charge is 0.271 e. The minimum Gasteiger partial charge on any atom is -0.493 e. The van der Waals surface area contributed by atoms with E-state index in [0.29, 0.717) is 12.2 Å². The molecule has 4 rings (SSSR count). The highest BCUT2D eigenvalue weighted by atomic mass is 16.5. The number of fused-ring (bicyclic) bond motifs is 3. The Morgan fingerprint density at radius 2 is 2.03 bits per heavy atom. The molecule has 1 aliphatic carbocycles. The number of H-pyrrole nitrogens is 1. The summed E-state index contributed by atoms with van der Waals surface area (Å²) >= 11 is 0. The van der Waals surface area contributed by atoms with Crippen molar-refractivity contribution in [1.29, 1.82) is 0 Å². The van der Waals surface area contributed by atoms with Crippen LogP contribution in [0.1, 0.15) is 66.2 Å². The lowest BCUT2D eigenvalue weighted by molar-refractivity contribution is 0.0955. The molecule has 2 N–H and O–H groups in total. The van der Waals surface area contributed by atoms with E-state index in [4.69, 9.17) is 4.74 Å². The van der Waals surface area contributed by atoms with Gasteiger partial charge in [-0.15, -0.1) is 0 Å². The normalized spacial score (nSPS) is 13.5. The third-order valence-electron chi connectivity index (χ3n) is 5.65. The molecule has 0 atom stereocenters. The van der Waals surface area contributed by atoms with E-state index in [2.05, 4.69) is 22.4 Å². The molecule has 3 aromatic rings. The molecule has 30 heavy (non-hydrogen) atoms. The average molecular weight is 404 g/mol. The van der Waals surface area contributed by atoms with Gasteiger partial charge >= 0.3 is 0 Å². The van der Waals surface area contributed by atoms with E-state index >= 15 is 0 Å². The summed E-state index contributed by atoms with van der Waals surface area (Å²) in [5.74, 6) is 0.576. The van der Waals surface area contributed by atoms with Gasteiger partial charge < -0.3 is 9.72 Å². The Labute approximate surface area is 177 Å². The Balaban J connectivity index is 1.43. The van der Waals surface area contributed by atoms with Crippen LogP contribution in [0.3, 0.4) is 0 Å². The number of amides is 1. The third kappa shape index (κ3) is 4.56. The molecular formula is C25H29N3O2. The fourth-order valence-electron chi connectivity index (χ4n) is 4.03. The summed E-state index contributed by atoms with van der Waals surface area (Å²) in [6.45, 7) is 2.86. The van der Waals surface area contributed by atoms with Gasteiger partial charge in [0.1, 0.15) is 5.75 Å². The summed E-state index contributed by atoms with van der Waals surface area (Å²) in [4.78, 5) is 16.1. The lowest BCUT2D eigenvalue weighted by Gasteiger charge is -2.10. The molecule has 0 spiro atoms. The Morgan fingerprint density at radius 3 is 2.93 bits per heavy atom. The van der Waals surface area contributed by atoms with E-state index in [9.17, 15) is 4.79 Å². The maximum atomic E-state index is 12.6. The summed E-state index contributed by atoms with van der Waals surface area (Å²) in [7, 11) is 0. The number of ether oxygens (including phenoxy) is 1. The summed E-state index contributed by atoms with van der Waals surface area (Å²) in [6, 6.07) is 13.6. The second kappa shape index (κ2) is 9.61. The minimum atomic E-state index is -0.208. The summed E-state index contributed by atoms with van der Waals surface area (Å²) in [6.07, 6.45) is 9.60. The van der Waals surface area contributed by atoms with Crippen molar-refractivity contribution in [2.24, 2.45) is 5.10 Å². The molecule has 1 amide bonds. The molecule has 0 fully saturated rings. The summed E-state index contributed by atoms with van der Waals surface area (Å²) < 4.78 is 5.87. The molecule has 5 nitrogen and oxygen atoms in total. The largest absolute Gasteiger partial charge is 0.493 e. The quantitative estimate of drug-likeness (QED) is 0.301. The first-order valence-corrected chi connectivity index (χ1v) is 10.9. The molecule has 0 radical (unpaired) electrons. The number of nitrogens with zero attached hydrogens (tertiary/aromatic N) is 1. The number of hydrazone groups is 1. The maximum absolute atomic E-state index is 12.6. The first-order valence-electron chi connectivity index (χ1n) is 10.9. The Kier molecular flexibility index (Phi) is 6.47. The lowest BCUT2D eigenvalue weighted by Crippen LogP contribution is -2.17. The van der Waals surface area contributed by atoms with Gasteiger partial charge in [-0.2, -0.15) is 5.10 Å². The molecule has 0 unspecified atom stereocenters. The number of aromatic nitrogens is 1. The number of aryl methyl sites for hydroxylation is 2. The van der Waals surface area contributed by atoms with Crippen LogP contribution in [0.4, 0.5) is 0 Å². The molecule has 0 saturated carbocycles. The monoisotopic (exact) mass is 403 g/mol. The molecule has 1 aromatic heterocycles. The van der Waals surface area contributed by atoms with Crippen LogP contribution in [0.2, 0.25) is 0 Å². The van der Waals surface area contributed by atoms with Crippen LogP contribution < -0.4 is 10.2 Å². The number of unbranched alkanes of at least 4 members (excludes halogenated alkanes) is 2. The highest BCUT2D eigenvalue weighted by Gasteiger charge is 2.16. The van der Waals surface area contributed by atoms with Crippen LogP contribution in [-0.2, 0) is 12.8 Å². The van der Waals surface area contributed by atoms with Crippen LogP contribution in [0, 0.1) is 0 Å². The van der Waals surface area contributed by atoms with E-state index in [1.807, 2.05) is 42.5 Å². The Morgan fingerprint density at radius 1 is 1.17 bits per heavy atom. The van der Waals surface area contributed by atoms with Crippen molar-refractivity contribution >= 4 is 23.0 Å². The number of aromatic amines is 1. The van der Waals surface area contributed by atoms with Crippen molar-refractivity contribution in [2.75, 3.05) is 6.61 Å². The van der Waals surface area contributed by atoms with Crippen molar-refractivity contribution in [3.63, 3.8) is 0 Å². The first kappa shape index (κ1) is 20.2. The molecular weight excluding hydrogens is 374 g/mol. The van der Waals surface area contributed by atoms with Gasteiger partial charge in [-0.1, -0.05) is 31.9 Å². The van der Waals surface area contributed by atoms with E-state index in [0.717, 1.165) is 54.3 Å². The third-order valence-corrected chi connectivity index (χ3v) is 5.65. The predicted octanol–water partition coefficient (Wildman–Crippen LogP) is 5.38. The van der Waals surface area contributed by atoms with E-state index in [1.165, 1.54) is 24.1 Å². The maximum Gasteiger partial charge on any atom is 0.271 e. The van der Waals surface area contributed by atoms with Gasteiger partial charge in [-0.3, -0.25) is 4.79 Å². The summed E-state index contributed by atoms with van der Waals surface area (Å²) in [5, 5.41) is 5.33. The fraction of sp³-hybridized carbons (Fsp3) is 0.360. The molecule has 1 heterocycles. The van der Waals surface area contributed by atoms with Crippen molar-refractivity contribution in [1.82, 2.24) is 10.4 Å². The average Bonchev–Trinajstić information content (AvgIpc) is 3.15. The number of nitrogens with one attached hydrogen (secondary N) is 2. The molecule has 0 aliphatic heterocycles. The van der Waals surface area contributed by atoms with Gasteiger partial charge in [0, 0.05) is 27.7 Å². The molecule has 0 bridgehead atoms. The first-order chi connectivity index (χ1) is 14.8. The Bertz CT molecular complexity index is 1050. The molecule has 2 aromatic carbocycles. The molecule has 156 valence electrons. The Hall–Kier alpha value is -3.08. The van der Waals surface area contributed by atoms with E-state index < -0.39 is 0 Å². The zero-order valence-corrected chi connectivity index (χ0v) is 17.5. The standard InChI is InChI=1S/C25H29N3O2/c1-2-3-8-15-30-24-12-7-4-9-19(24)17-26-28-25(29)18-13-14-23-21(16-18)20-10-5-6-11-22(20)27-23/h4,7,9,12-14,16-17,27H,2-3,5-6,8,10-11,15H2,1H3,(H,28,29)/b26-17+. The highest BCUT2D eigenvalue weighted by Crippen LogP contribution is 2.29. The van der Waals surface area contributed by atoms with Crippen LogP contribution >= 0.6 is 0 Å². The van der Waals surface area contributed by atoms with Gasteiger partial charge in [0.15, 0.2) is 0 Å². The van der Waals surface area contributed by atoms with Gasteiger partial charge in [0.2, 0.25) is 0 Å². The van der Waals surface area contributed by atoms with Crippen molar-refractivity contribution in [2.45, 2.75) is 51.9 Å². The zero-order chi connectivity index (χ0) is 20.8.